The van der Waals surface area contributed by atoms with Crippen LogP contribution >= 0.6 is 11.6 Å². The van der Waals surface area contributed by atoms with E-state index in [1.165, 1.54) is 6.07 Å². The van der Waals surface area contributed by atoms with Gasteiger partial charge in [-0.1, -0.05) is 23.7 Å². The predicted molar refractivity (Wildman–Crippen MR) is 61.9 cm³/mol. The van der Waals surface area contributed by atoms with E-state index < -0.39 is 0 Å². The molecule has 0 saturated heterocycles. The van der Waals surface area contributed by atoms with Gasteiger partial charge in [-0.3, -0.25) is 4.79 Å². The second-order valence-corrected chi connectivity index (χ2v) is 3.57. The van der Waals surface area contributed by atoms with E-state index in [-0.39, 0.29) is 5.56 Å². The first-order valence-corrected chi connectivity index (χ1v) is 4.79. The zero-order valence-corrected chi connectivity index (χ0v) is 8.58. The van der Waals surface area contributed by atoms with Crippen molar-refractivity contribution in [2.75, 3.05) is 5.73 Å². The van der Waals surface area contributed by atoms with Gasteiger partial charge in [-0.05, 0) is 18.2 Å². The second kappa shape index (κ2) is 3.79. The van der Waals surface area contributed by atoms with Crippen LogP contribution in [0.15, 0.2) is 41.2 Å². The molecule has 76 valence electrons. The van der Waals surface area contributed by atoms with Gasteiger partial charge in [0.15, 0.2) is 0 Å². The lowest BCUT2D eigenvalue weighted by atomic mass is 10.1. The molecule has 1 aromatic carbocycles. The molecule has 0 aliphatic carbocycles. The van der Waals surface area contributed by atoms with E-state index in [2.05, 4.69) is 4.98 Å². The molecule has 0 saturated carbocycles. The fraction of sp³-hybridized carbons (Fsp3) is 0. The van der Waals surface area contributed by atoms with Crippen LogP contribution in [0.4, 0.5) is 5.69 Å². The Morgan fingerprint density at radius 1 is 1.20 bits per heavy atom. The lowest BCUT2D eigenvalue weighted by Crippen LogP contribution is -2.03. The number of aromatic nitrogens is 1. The largest absolute Gasteiger partial charge is 0.398 e. The molecular weight excluding hydrogens is 212 g/mol. The van der Waals surface area contributed by atoms with Crippen molar-refractivity contribution >= 4 is 17.3 Å². The van der Waals surface area contributed by atoms with Crippen molar-refractivity contribution in [3.63, 3.8) is 0 Å². The monoisotopic (exact) mass is 220 g/mol. The zero-order chi connectivity index (χ0) is 10.8. The molecular formula is C11H9ClN2O. The minimum Gasteiger partial charge on any atom is -0.398 e. The zero-order valence-electron chi connectivity index (χ0n) is 7.83. The number of anilines is 1. The SMILES string of the molecule is Nc1cc(-c2cccc(=O)[nH]2)ccc1Cl. The molecule has 0 aliphatic heterocycles. The Morgan fingerprint density at radius 3 is 2.67 bits per heavy atom. The molecule has 0 aliphatic rings. The summed E-state index contributed by atoms with van der Waals surface area (Å²) in [6.07, 6.45) is 0. The molecule has 4 heteroatoms. The van der Waals surface area contributed by atoms with Crippen molar-refractivity contribution in [3.8, 4) is 11.3 Å². The van der Waals surface area contributed by atoms with Gasteiger partial charge in [0, 0.05) is 17.3 Å². The van der Waals surface area contributed by atoms with Gasteiger partial charge in [0.2, 0.25) is 5.56 Å². The van der Waals surface area contributed by atoms with Crippen molar-refractivity contribution in [2.24, 2.45) is 0 Å². The molecule has 2 aromatic rings. The van der Waals surface area contributed by atoms with E-state index in [4.69, 9.17) is 17.3 Å². The van der Waals surface area contributed by atoms with Gasteiger partial charge in [0.25, 0.3) is 0 Å². The number of pyridine rings is 1. The van der Waals surface area contributed by atoms with Crippen molar-refractivity contribution in [1.29, 1.82) is 0 Å². The van der Waals surface area contributed by atoms with Crippen molar-refractivity contribution in [3.05, 3.63) is 51.8 Å². The summed E-state index contributed by atoms with van der Waals surface area (Å²) in [4.78, 5) is 13.8. The molecule has 0 bridgehead atoms. The molecule has 0 amide bonds. The summed E-state index contributed by atoms with van der Waals surface area (Å²) in [6.45, 7) is 0. The number of H-pyrrole nitrogens is 1. The third kappa shape index (κ3) is 2.02. The summed E-state index contributed by atoms with van der Waals surface area (Å²) in [7, 11) is 0. The molecule has 3 nitrogen and oxygen atoms in total. The van der Waals surface area contributed by atoms with E-state index in [9.17, 15) is 4.79 Å². The summed E-state index contributed by atoms with van der Waals surface area (Å²) >= 11 is 5.80. The molecule has 0 unspecified atom stereocenters. The molecule has 3 N–H and O–H groups in total. The van der Waals surface area contributed by atoms with Crippen LogP contribution in [-0.2, 0) is 0 Å². The standard InChI is InChI=1S/C11H9ClN2O/c12-8-5-4-7(6-9(8)13)10-2-1-3-11(15)14-10/h1-6H,13H2,(H,14,15). The minimum absolute atomic E-state index is 0.138. The maximum atomic E-state index is 11.1. The molecule has 0 fully saturated rings. The van der Waals surface area contributed by atoms with Crippen LogP contribution in [-0.4, -0.2) is 4.98 Å². The quantitative estimate of drug-likeness (QED) is 0.725. The Bertz CT molecular complexity index is 548. The van der Waals surface area contributed by atoms with Gasteiger partial charge in [-0.15, -0.1) is 0 Å². The van der Waals surface area contributed by atoms with Crippen LogP contribution in [0.5, 0.6) is 0 Å². The number of nitrogens with two attached hydrogens (primary N) is 1. The van der Waals surface area contributed by atoms with Gasteiger partial charge in [-0.25, -0.2) is 0 Å². The highest BCUT2D eigenvalue weighted by Crippen LogP contribution is 2.24. The van der Waals surface area contributed by atoms with E-state index in [1.54, 1.807) is 18.2 Å². The van der Waals surface area contributed by atoms with Crippen molar-refractivity contribution < 1.29 is 0 Å². The maximum Gasteiger partial charge on any atom is 0.248 e. The number of rotatable bonds is 1. The normalized spacial score (nSPS) is 10.2. The summed E-state index contributed by atoms with van der Waals surface area (Å²) in [6, 6.07) is 10.2. The highest BCUT2D eigenvalue weighted by atomic mass is 35.5. The summed E-state index contributed by atoms with van der Waals surface area (Å²) < 4.78 is 0. The Balaban J connectivity index is 2.55. The molecule has 0 atom stereocenters. The molecule has 0 spiro atoms. The smallest absolute Gasteiger partial charge is 0.248 e. The number of benzene rings is 1. The fourth-order valence-electron chi connectivity index (χ4n) is 1.33. The second-order valence-electron chi connectivity index (χ2n) is 3.17. The lowest BCUT2D eigenvalue weighted by Gasteiger charge is -2.03. The number of nitrogens with one attached hydrogen (secondary N) is 1. The average Bonchev–Trinajstić information content (AvgIpc) is 2.22. The number of hydrogen-bond acceptors (Lipinski definition) is 2. The van der Waals surface area contributed by atoms with Crippen LogP contribution < -0.4 is 11.3 Å². The third-order valence-corrected chi connectivity index (χ3v) is 2.42. The molecule has 2 rings (SSSR count). The van der Waals surface area contributed by atoms with Crippen LogP contribution in [0.1, 0.15) is 0 Å². The first-order valence-electron chi connectivity index (χ1n) is 4.41. The Morgan fingerprint density at radius 2 is 2.00 bits per heavy atom. The van der Waals surface area contributed by atoms with Crippen LogP contribution in [0.2, 0.25) is 5.02 Å². The Hall–Kier alpha value is -1.74. The first kappa shape index (κ1) is 9.80. The Labute approximate surface area is 91.5 Å². The topological polar surface area (TPSA) is 58.9 Å². The van der Waals surface area contributed by atoms with Gasteiger partial charge >= 0.3 is 0 Å². The van der Waals surface area contributed by atoms with E-state index in [0.29, 0.717) is 10.7 Å². The van der Waals surface area contributed by atoms with Crippen LogP contribution in [0.3, 0.4) is 0 Å². The minimum atomic E-state index is -0.138. The predicted octanol–water partition coefficient (Wildman–Crippen LogP) is 2.28. The van der Waals surface area contributed by atoms with Gasteiger partial charge in [-0.2, -0.15) is 0 Å². The van der Waals surface area contributed by atoms with E-state index in [0.717, 1.165) is 11.3 Å². The summed E-state index contributed by atoms with van der Waals surface area (Å²) in [5.41, 5.74) is 7.60. The van der Waals surface area contributed by atoms with Crippen LogP contribution in [0.25, 0.3) is 11.3 Å². The fourth-order valence-corrected chi connectivity index (χ4v) is 1.45. The Kier molecular flexibility index (Phi) is 2.47. The summed E-state index contributed by atoms with van der Waals surface area (Å²) in [5.74, 6) is 0. The molecule has 1 heterocycles. The van der Waals surface area contributed by atoms with Crippen molar-refractivity contribution in [2.45, 2.75) is 0 Å². The maximum absolute atomic E-state index is 11.1. The van der Waals surface area contributed by atoms with Gasteiger partial charge in [0.1, 0.15) is 0 Å². The highest BCUT2D eigenvalue weighted by Gasteiger charge is 2.01. The third-order valence-electron chi connectivity index (χ3n) is 2.08. The van der Waals surface area contributed by atoms with Crippen molar-refractivity contribution in [1.82, 2.24) is 4.98 Å². The number of nitrogen functional groups attached to an aromatic ring is 1. The van der Waals surface area contributed by atoms with Crippen LogP contribution in [0, 0.1) is 0 Å². The number of hydrogen-bond donors (Lipinski definition) is 2. The van der Waals surface area contributed by atoms with Gasteiger partial charge < -0.3 is 10.7 Å². The van der Waals surface area contributed by atoms with E-state index in [1.807, 2.05) is 12.1 Å². The average molecular weight is 221 g/mol. The number of halogens is 1. The highest BCUT2D eigenvalue weighted by molar-refractivity contribution is 6.33. The lowest BCUT2D eigenvalue weighted by molar-refractivity contribution is 1.24. The van der Waals surface area contributed by atoms with E-state index >= 15 is 0 Å². The number of aromatic amines is 1. The molecule has 0 radical (unpaired) electrons. The first-order chi connectivity index (χ1) is 7.16. The molecule has 1 aromatic heterocycles. The molecule has 15 heavy (non-hydrogen) atoms. The van der Waals surface area contributed by atoms with Gasteiger partial charge in [0.05, 0.1) is 10.7 Å². The summed E-state index contributed by atoms with van der Waals surface area (Å²) in [5, 5.41) is 0.511.